The fourth-order valence-electron chi connectivity index (χ4n) is 2.77. The van der Waals surface area contributed by atoms with Gasteiger partial charge in [0.05, 0.1) is 13.2 Å². The Morgan fingerprint density at radius 3 is 2.57 bits per heavy atom. The summed E-state index contributed by atoms with van der Waals surface area (Å²) < 4.78 is 11.6. The largest absolute Gasteiger partial charge is 0.490 e. The minimum absolute atomic E-state index is 0.0162. The lowest BCUT2D eigenvalue weighted by atomic mass is 10.1. The van der Waals surface area contributed by atoms with E-state index in [0.717, 1.165) is 10.4 Å². The number of nitrogens with zero attached hydrogens (tertiary/aromatic N) is 2. The Kier molecular flexibility index (Phi) is 7.03. The van der Waals surface area contributed by atoms with Crippen LogP contribution in [0.3, 0.4) is 0 Å². The number of pyridine rings is 1. The molecule has 0 aliphatic heterocycles. The first kappa shape index (κ1) is 19.9. The smallest absolute Gasteiger partial charge is 0.254 e. The van der Waals surface area contributed by atoms with Gasteiger partial charge in [-0.2, -0.15) is 0 Å². The number of carbonyl (C=O) groups is 1. The molecule has 0 radical (unpaired) electrons. The number of hydrogen-bond acceptors (Lipinski definition) is 5. The first-order valence-corrected chi connectivity index (χ1v) is 10.2. The van der Waals surface area contributed by atoms with Crippen LogP contribution >= 0.6 is 11.3 Å². The SMILES string of the molecule is CCOc1cc(C(=O)N(CC)Cc2cccs2)ccc1OCc1ccncc1. The molecule has 0 saturated heterocycles. The van der Waals surface area contributed by atoms with Crippen LogP contribution in [0.5, 0.6) is 11.5 Å². The highest BCUT2D eigenvalue weighted by molar-refractivity contribution is 7.09. The highest BCUT2D eigenvalue weighted by Crippen LogP contribution is 2.30. The van der Waals surface area contributed by atoms with Crippen LogP contribution in [-0.2, 0) is 13.2 Å². The van der Waals surface area contributed by atoms with Gasteiger partial charge in [0.2, 0.25) is 0 Å². The van der Waals surface area contributed by atoms with E-state index in [-0.39, 0.29) is 5.91 Å². The molecule has 0 aliphatic rings. The molecule has 0 fully saturated rings. The highest BCUT2D eigenvalue weighted by Gasteiger charge is 2.17. The molecule has 0 unspecified atom stereocenters. The third-order valence-electron chi connectivity index (χ3n) is 4.23. The van der Waals surface area contributed by atoms with Crippen molar-refractivity contribution in [3.05, 3.63) is 76.2 Å². The molecule has 2 aromatic heterocycles. The van der Waals surface area contributed by atoms with Crippen LogP contribution < -0.4 is 9.47 Å². The maximum Gasteiger partial charge on any atom is 0.254 e. The average Bonchev–Trinajstić information content (AvgIpc) is 3.25. The highest BCUT2D eigenvalue weighted by atomic mass is 32.1. The van der Waals surface area contributed by atoms with Gasteiger partial charge in [0, 0.05) is 29.4 Å². The lowest BCUT2D eigenvalue weighted by Crippen LogP contribution is -2.30. The molecule has 3 aromatic rings. The van der Waals surface area contributed by atoms with Crippen molar-refractivity contribution in [2.24, 2.45) is 0 Å². The fraction of sp³-hybridized carbons (Fsp3) is 0.273. The Morgan fingerprint density at radius 2 is 1.89 bits per heavy atom. The van der Waals surface area contributed by atoms with E-state index in [1.165, 1.54) is 0 Å². The first-order valence-electron chi connectivity index (χ1n) is 9.31. The predicted octanol–water partition coefficient (Wildman–Crippen LogP) is 4.78. The van der Waals surface area contributed by atoms with Crippen LogP contribution in [0.25, 0.3) is 0 Å². The molecular formula is C22H24N2O3S. The van der Waals surface area contributed by atoms with E-state index in [1.807, 2.05) is 48.4 Å². The van der Waals surface area contributed by atoms with Crippen molar-refractivity contribution in [3.8, 4) is 11.5 Å². The number of thiophene rings is 1. The molecular weight excluding hydrogens is 372 g/mol. The van der Waals surface area contributed by atoms with Gasteiger partial charge < -0.3 is 14.4 Å². The van der Waals surface area contributed by atoms with E-state index < -0.39 is 0 Å². The topological polar surface area (TPSA) is 51.7 Å². The van der Waals surface area contributed by atoms with Gasteiger partial charge in [-0.05, 0) is 61.2 Å². The van der Waals surface area contributed by atoms with E-state index in [0.29, 0.717) is 43.4 Å². The van der Waals surface area contributed by atoms with Crippen molar-refractivity contribution < 1.29 is 14.3 Å². The Labute approximate surface area is 169 Å². The minimum Gasteiger partial charge on any atom is -0.490 e. The van der Waals surface area contributed by atoms with E-state index in [4.69, 9.17) is 9.47 Å². The Hall–Kier alpha value is -2.86. The molecule has 0 atom stereocenters. The quantitative estimate of drug-likeness (QED) is 0.522. The standard InChI is InChI=1S/C22H24N2O3S/c1-3-24(15-19-6-5-13-28-19)22(25)18-7-8-20(21(14-18)26-4-2)27-16-17-9-11-23-12-10-17/h5-14H,3-4,15-16H2,1-2H3. The van der Waals surface area contributed by atoms with Gasteiger partial charge in [-0.15, -0.1) is 11.3 Å². The molecule has 2 heterocycles. The van der Waals surface area contributed by atoms with Gasteiger partial charge in [0.15, 0.2) is 11.5 Å². The molecule has 5 nitrogen and oxygen atoms in total. The maximum atomic E-state index is 13.0. The van der Waals surface area contributed by atoms with Crippen LogP contribution in [0.2, 0.25) is 0 Å². The van der Waals surface area contributed by atoms with Crippen LogP contribution in [0.15, 0.2) is 60.2 Å². The summed E-state index contributed by atoms with van der Waals surface area (Å²) in [5.41, 5.74) is 1.61. The minimum atomic E-state index is -0.0162. The van der Waals surface area contributed by atoms with Gasteiger partial charge in [0.25, 0.3) is 5.91 Å². The van der Waals surface area contributed by atoms with Crippen LogP contribution in [0.4, 0.5) is 0 Å². The van der Waals surface area contributed by atoms with E-state index in [1.54, 1.807) is 41.9 Å². The monoisotopic (exact) mass is 396 g/mol. The fourth-order valence-corrected chi connectivity index (χ4v) is 3.49. The van der Waals surface area contributed by atoms with Crippen LogP contribution in [-0.4, -0.2) is 28.9 Å². The van der Waals surface area contributed by atoms with Gasteiger partial charge in [-0.3, -0.25) is 9.78 Å². The first-order chi connectivity index (χ1) is 13.7. The molecule has 0 aliphatic carbocycles. The van der Waals surface area contributed by atoms with Crippen molar-refractivity contribution in [1.82, 2.24) is 9.88 Å². The number of benzene rings is 1. The maximum absolute atomic E-state index is 13.0. The van der Waals surface area contributed by atoms with E-state index in [9.17, 15) is 4.79 Å². The summed E-state index contributed by atoms with van der Waals surface area (Å²) in [5.74, 6) is 1.18. The zero-order valence-electron chi connectivity index (χ0n) is 16.1. The average molecular weight is 397 g/mol. The third-order valence-corrected chi connectivity index (χ3v) is 5.09. The van der Waals surface area contributed by atoms with Crippen molar-refractivity contribution in [3.63, 3.8) is 0 Å². The summed E-state index contributed by atoms with van der Waals surface area (Å²) in [6.45, 7) is 6.06. The summed E-state index contributed by atoms with van der Waals surface area (Å²) >= 11 is 1.65. The molecule has 0 bridgehead atoms. The zero-order valence-corrected chi connectivity index (χ0v) is 16.9. The summed E-state index contributed by atoms with van der Waals surface area (Å²) in [4.78, 5) is 20.0. The Morgan fingerprint density at radius 1 is 1.07 bits per heavy atom. The molecule has 6 heteroatoms. The molecule has 0 spiro atoms. The molecule has 0 N–H and O–H groups in total. The third kappa shape index (κ3) is 5.10. The normalized spacial score (nSPS) is 10.5. The van der Waals surface area contributed by atoms with Gasteiger partial charge in [-0.25, -0.2) is 0 Å². The lowest BCUT2D eigenvalue weighted by molar-refractivity contribution is 0.0753. The number of rotatable bonds is 9. The van der Waals surface area contributed by atoms with Crippen molar-refractivity contribution in [2.75, 3.05) is 13.2 Å². The van der Waals surface area contributed by atoms with Crippen molar-refractivity contribution in [2.45, 2.75) is 27.0 Å². The summed E-state index contributed by atoms with van der Waals surface area (Å²) in [7, 11) is 0. The molecule has 146 valence electrons. The van der Waals surface area contributed by atoms with Crippen LogP contribution in [0.1, 0.15) is 34.6 Å². The van der Waals surface area contributed by atoms with E-state index >= 15 is 0 Å². The second kappa shape index (κ2) is 9.90. The summed E-state index contributed by atoms with van der Waals surface area (Å²) in [6.07, 6.45) is 3.47. The molecule has 3 rings (SSSR count). The number of hydrogen-bond donors (Lipinski definition) is 0. The van der Waals surface area contributed by atoms with Crippen molar-refractivity contribution in [1.29, 1.82) is 0 Å². The van der Waals surface area contributed by atoms with Crippen molar-refractivity contribution >= 4 is 17.2 Å². The van der Waals surface area contributed by atoms with Gasteiger partial charge in [0.1, 0.15) is 6.61 Å². The van der Waals surface area contributed by atoms with Crippen LogP contribution in [0, 0.1) is 0 Å². The number of amides is 1. The zero-order chi connectivity index (χ0) is 19.8. The van der Waals surface area contributed by atoms with Gasteiger partial charge >= 0.3 is 0 Å². The number of carbonyl (C=O) groups excluding carboxylic acids is 1. The molecule has 1 amide bonds. The molecule has 0 saturated carbocycles. The van der Waals surface area contributed by atoms with Gasteiger partial charge in [-0.1, -0.05) is 6.07 Å². The summed E-state index contributed by atoms with van der Waals surface area (Å²) in [5, 5.41) is 2.02. The Balaban J connectivity index is 1.75. The number of aromatic nitrogens is 1. The second-order valence-corrected chi connectivity index (χ2v) is 7.17. The predicted molar refractivity (Wildman–Crippen MR) is 111 cm³/mol. The lowest BCUT2D eigenvalue weighted by Gasteiger charge is -2.21. The Bertz CT molecular complexity index is 882. The second-order valence-electron chi connectivity index (χ2n) is 6.14. The molecule has 28 heavy (non-hydrogen) atoms. The van der Waals surface area contributed by atoms with E-state index in [2.05, 4.69) is 4.98 Å². The molecule has 1 aromatic carbocycles. The summed E-state index contributed by atoms with van der Waals surface area (Å²) in [6, 6.07) is 13.2. The number of ether oxygens (including phenoxy) is 2.